The molecule has 0 aliphatic rings. The Labute approximate surface area is 97.2 Å². The molecule has 0 atom stereocenters. The molecule has 16 heavy (non-hydrogen) atoms. The van der Waals surface area contributed by atoms with Crippen molar-refractivity contribution in [2.45, 2.75) is 26.2 Å². The first-order valence-corrected chi connectivity index (χ1v) is 5.86. The molecule has 0 radical (unpaired) electrons. The van der Waals surface area contributed by atoms with Crippen molar-refractivity contribution < 1.29 is 0 Å². The molecule has 82 valence electrons. The van der Waals surface area contributed by atoms with Crippen LogP contribution in [0.4, 0.5) is 0 Å². The van der Waals surface area contributed by atoms with Crippen LogP contribution >= 0.6 is 0 Å². The van der Waals surface area contributed by atoms with Crippen LogP contribution in [0.2, 0.25) is 0 Å². The predicted molar refractivity (Wildman–Crippen MR) is 67.5 cm³/mol. The van der Waals surface area contributed by atoms with Crippen molar-refractivity contribution in [2.75, 3.05) is 0 Å². The summed E-state index contributed by atoms with van der Waals surface area (Å²) in [4.78, 5) is 4.33. The average molecular weight is 211 g/mol. The third-order valence-electron chi connectivity index (χ3n) is 2.67. The lowest BCUT2D eigenvalue weighted by atomic mass is 10.0. The normalized spacial score (nSPS) is 10.3. The van der Waals surface area contributed by atoms with Crippen LogP contribution in [0.5, 0.6) is 0 Å². The molecule has 0 saturated carbocycles. The van der Waals surface area contributed by atoms with Gasteiger partial charge in [-0.25, -0.2) is 0 Å². The zero-order valence-electron chi connectivity index (χ0n) is 9.69. The van der Waals surface area contributed by atoms with Crippen molar-refractivity contribution in [1.82, 2.24) is 4.98 Å². The number of benzene rings is 1. The Morgan fingerprint density at radius 1 is 0.938 bits per heavy atom. The summed E-state index contributed by atoms with van der Waals surface area (Å²) in [5.41, 5.74) is 3.89. The molecule has 0 bridgehead atoms. The first-order chi connectivity index (χ1) is 7.88. The molecule has 2 rings (SSSR count). The van der Waals surface area contributed by atoms with Crippen LogP contribution in [0.25, 0.3) is 0 Å². The van der Waals surface area contributed by atoms with Crippen molar-refractivity contribution in [1.29, 1.82) is 0 Å². The fourth-order valence-electron chi connectivity index (χ4n) is 1.82. The summed E-state index contributed by atoms with van der Waals surface area (Å²) in [7, 11) is 0. The highest BCUT2D eigenvalue weighted by molar-refractivity contribution is 5.26. The Bertz CT molecular complexity index is 417. The largest absolute Gasteiger partial charge is 0.261 e. The second-order valence-electron chi connectivity index (χ2n) is 4.06. The van der Waals surface area contributed by atoms with Gasteiger partial charge in [0.05, 0.1) is 0 Å². The second-order valence-corrected chi connectivity index (χ2v) is 4.06. The quantitative estimate of drug-likeness (QED) is 0.752. The summed E-state index contributed by atoms with van der Waals surface area (Å²) < 4.78 is 0. The van der Waals surface area contributed by atoms with Gasteiger partial charge >= 0.3 is 0 Å². The number of hydrogen-bond donors (Lipinski definition) is 0. The van der Waals surface area contributed by atoms with Crippen LogP contribution in [0.3, 0.4) is 0 Å². The molecular formula is C15H17N. The predicted octanol–water partition coefficient (Wildman–Crippen LogP) is 3.62. The molecule has 0 saturated heterocycles. The Kier molecular flexibility index (Phi) is 3.71. The van der Waals surface area contributed by atoms with Gasteiger partial charge in [-0.2, -0.15) is 0 Å². The van der Waals surface area contributed by atoms with Gasteiger partial charge in [-0.1, -0.05) is 43.7 Å². The standard InChI is InChI=1S/C15H17N/c1-2-5-13-7-9-14(10-8-13)12-15-6-3-4-11-16-15/h3-4,6-11H,2,5,12H2,1H3. The van der Waals surface area contributed by atoms with Crippen LogP contribution in [0.15, 0.2) is 48.7 Å². The van der Waals surface area contributed by atoms with Gasteiger partial charge in [-0.15, -0.1) is 0 Å². The highest BCUT2D eigenvalue weighted by Gasteiger charge is 1.97. The highest BCUT2D eigenvalue weighted by atomic mass is 14.7. The molecule has 0 fully saturated rings. The minimum atomic E-state index is 0.924. The van der Waals surface area contributed by atoms with Gasteiger partial charge in [0.15, 0.2) is 0 Å². The van der Waals surface area contributed by atoms with Crippen LogP contribution in [-0.2, 0) is 12.8 Å². The molecule has 0 N–H and O–H groups in total. The van der Waals surface area contributed by atoms with Gasteiger partial charge in [-0.3, -0.25) is 4.98 Å². The summed E-state index contributed by atoms with van der Waals surface area (Å²) in [6, 6.07) is 14.9. The van der Waals surface area contributed by atoms with Crippen molar-refractivity contribution >= 4 is 0 Å². The van der Waals surface area contributed by atoms with E-state index in [4.69, 9.17) is 0 Å². The van der Waals surface area contributed by atoms with Gasteiger partial charge in [-0.05, 0) is 29.7 Å². The summed E-state index contributed by atoms with van der Waals surface area (Å²) in [5, 5.41) is 0. The first-order valence-electron chi connectivity index (χ1n) is 5.86. The Balaban J connectivity index is 2.05. The third kappa shape index (κ3) is 2.93. The van der Waals surface area contributed by atoms with E-state index in [1.54, 1.807) is 0 Å². The summed E-state index contributed by atoms with van der Waals surface area (Å²) in [5.74, 6) is 0. The van der Waals surface area contributed by atoms with E-state index in [9.17, 15) is 0 Å². The topological polar surface area (TPSA) is 12.9 Å². The molecule has 1 aromatic heterocycles. The van der Waals surface area contributed by atoms with E-state index in [0.717, 1.165) is 12.1 Å². The molecule has 0 amide bonds. The van der Waals surface area contributed by atoms with Gasteiger partial charge in [0, 0.05) is 18.3 Å². The average Bonchev–Trinajstić information content (AvgIpc) is 2.33. The van der Waals surface area contributed by atoms with Crippen LogP contribution in [0, 0.1) is 0 Å². The van der Waals surface area contributed by atoms with Gasteiger partial charge in [0.25, 0.3) is 0 Å². The number of aryl methyl sites for hydroxylation is 1. The smallest absolute Gasteiger partial charge is 0.0447 e. The summed E-state index contributed by atoms with van der Waals surface area (Å²) >= 11 is 0. The molecule has 1 nitrogen and oxygen atoms in total. The zero-order chi connectivity index (χ0) is 11.2. The maximum atomic E-state index is 4.33. The zero-order valence-corrected chi connectivity index (χ0v) is 9.69. The Hall–Kier alpha value is -1.63. The van der Waals surface area contributed by atoms with Crippen molar-refractivity contribution in [2.24, 2.45) is 0 Å². The van der Waals surface area contributed by atoms with Crippen LogP contribution in [-0.4, -0.2) is 4.98 Å². The minimum Gasteiger partial charge on any atom is -0.261 e. The van der Waals surface area contributed by atoms with Crippen LogP contribution < -0.4 is 0 Å². The maximum absolute atomic E-state index is 4.33. The lowest BCUT2D eigenvalue weighted by molar-refractivity contribution is 0.920. The number of nitrogens with zero attached hydrogens (tertiary/aromatic N) is 1. The fourth-order valence-corrected chi connectivity index (χ4v) is 1.82. The molecular weight excluding hydrogens is 194 g/mol. The SMILES string of the molecule is CCCc1ccc(Cc2ccccn2)cc1. The summed E-state index contributed by atoms with van der Waals surface area (Å²) in [6.45, 7) is 2.21. The lowest BCUT2D eigenvalue weighted by Crippen LogP contribution is -1.91. The number of aromatic nitrogens is 1. The summed E-state index contributed by atoms with van der Waals surface area (Å²) in [6.07, 6.45) is 5.15. The molecule has 1 heteroatoms. The number of pyridine rings is 1. The van der Waals surface area contributed by atoms with Gasteiger partial charge in [0.2, 0.25) is 0 Å². The third-order valence-corrected chi connectivity index (χ3v) is 2.67. The first kappa shape index (κ1) is 10.9. The molecule has 1 aromatic carbocycles. The number of hydrogen-bond acceptors (Lipinski definition) is 1. The van der Waals surface area contributed by atoms with E-state index >= 15 is 0 Å². The van der Waals surface area contributed by atoms with E-state index in [1.807, 2.05) is 18.3 Å². The number of rotatable bonds is 4. The highest BCUT2D eigenvalue weighted by Crippen LogP contribution is 2.10. The van der Waals surface area contributed by atoms with E-state index in [1.165, 1.54) is 24.0 Å². The van der Waals surface area contributed by atoms with Gasteiger partial charge < -0.3 is 0 Å². The maximum Gasteiger partial charge on any atom is 0.0447 e. The van der Waals surface area contributed by atoms with Crippen molar-refractivity contribution in [3.63, 3.8) is 0 Å². The minimum absolute atomic E-state index is 0.924. The molecule has 2 aromatic rings. The fraction of sp³-hybridized carbons (Fsp3) is 0.267. The van der Waals surface area contributed by atoms with Crippen molar-refractivity contribution in [3.05, 3.63) is 65.5 Å². The molecule has 0 unspecified atom stereocenters. The molecule has 0 aliphatic carbocycles. The van der Waals surface area contributed by atoms with Crippen LogP contribution in [0.1, 0.15) is 30.2 Å². The monoisotopic (exact) mass is 211 g/mol. The Morgan fingerprint density at radius 2 is 1.69 bits per heavy atom. The van der Waals surface area contributed by atoms with E-state index in [-0.39, 0.29) is 0 Å². The van der Waals surface area contributed by atoms with E-state index in [2.05, 4.69) is 42.2 Å². The lowest BCUT2D eigenvalue weighted by Gasteiger charge is -2.03. The van der Waals surface area contributed by atoms with Crippen molar-refractivity contribution in [3.8, 4) is 0 Å². The molecule has 0 aliphatic heterocycles. The van der Waals surface area contributed by atoms with Gasteiger partial charge in [0.1, 0.15) is 0 Å². The second kappa shape index (κ2) is 5.45. The van der Waals surface area contributed by atoms with E-state index in [0.29, 0.717) is 0 Å². The Morgan fingerprint density at radius 3 is 2.31 bits per heavy atom. The molecule has 0 spiro atoms. The molecule has 1 heterocycles. The van der Waals surface area contributed by atoms with E-state index < -0.39 is 0 Å².